The van der Waals surface area contributed by atoms with Gasteiger partial charge in [0.05, 0.1) is 4.47 Å². The lowest BCUT2D eigenvalue weighted by Gasteiger charge is -2.21. The standard InChI is InChI=1S/C32H23Br3O4/c1-20-8-3-5-12-27(20)38-29-19-30(39-28-13-6-4-11-26(28)35)32(37-25-10-7-9-23(34)18-25)21(2)31(29)36-24-16-14-22(33)15-17-24/h3-19H,1-2H3. The number of hydrogen-bond donors (Lipinski definition) is 0. The van der Waals surface area contributed by atoms with Crippen LogP contribution in [-0.4, -0.2) is 0 Å². The molecule has 196 valence electrons. The quantitative estimate of drug-likeness (QED) is 0.161. The van der Waals surface area contributed by atoms with E-state index in [1.54, 1.807) is 6.07 Å². The number of halogens is 3. The molecule has 0 fully saturated rings. The van der Waals surface area contributed by atoms with Crippen LogP contribution in [0.25, 0.3) is 0 Å². The predicted octanol–water partition coefficient (Wildman–Crippen LogP) is 11.8. The molecular weight excluding hydrogens is 688 g/mol. The molecule has 0 aliphatic heterocycles. The van der Waals surface area contributed by atoms with Gasteiger partial charge in [0.1, 0.15) is 23.0 Å². The van der Waals surface area contributed by atoms with E-state index in [-0.39, 0.29) is 0 Å². The SMILES string of the molecule is Cc1ccccc1Oc1cc(Oc2ccccc2Br)c(Oc2cccc(Br)c2)c(C)c1Oc1ccc(Br)cc1. The highest BCUT2D eigenvalue weighted by atomic mass is 79.9. The predicted molar refractivity (Wildman–Crippen MR) is 165 cm³/mol. The van der Waals surface area contributed by atoms with Crippen LogP contribution in [-0.2, 0) is 0 Å². The molecule has 4 nitrogen and oxygen atoms in total. The first-order valence-electron chi connectivity index (χ1n) is 12.1. The smallest absolute Gasteiger partial charge is 0.176 e. The third kappa shape index (κ3) is 6.67. The minimum absolute atomic E-state index is 0.478. The number of benzene rings is 5. The first kappa shape index (κ1) is 27.3. The maximum atomic E-state index is 6.46. The van der Waals surface area contributed by atoms with Crippen molar-refractivity contribution in [3.8, 4) is 46.0 Å². The zero-order valence-electron chi connectivity index (χ0n) is 21.1. The molecule has 0 aromatic heterocycles. The lowest BCUT2D eigenvalue weighted by Crippen LogP contribution is -2.00. The van der Waals surface area contributed by atoms with Crippen LogP contribution in [0.2, 0.25) is 0 Å². The van der Waals surface area contributed by atoms with Crippen LogP contribution in [0.15, 0.2) is 117 Å². The number of ether oxygens (including phenoxy) is 4. The van der Waals surface area contributed by atoms with E-state index in [1.165, 1.54) is 0 Å². The Balaban J connectivity index is 1.68. The first-order chi connectivity index (χ1) is 18.9. The maximum Gasteiger partial charge on any atom is 0.176 e. The summed E-state index contributed by atoms with van der Waals surface area (Å²) < 4.78 is 28.4. The van der Waals surface area contributed by atoms with Gasteiger partial charge in [-0.2, -0.15) is 0 Å². The highest BCUT2D eigenvalue weighted by molar-refractivity contribution is 9.11. The second-order valence-corrected chi connectivity index (χ2v) is 11.4. The monoisotopic (exact) mass is 708 g/mol. The van der Waals surface area contributed by atoms with Crippen molar-refractivity contribution in [2.75, 3.05) is 0 Å². The highest BCUT2D eigenvalue weighted by Gasteiger charge is 2.23. The van der Waals surface area contributed by atoms with Crippen molar-refractivity contribution < 1.29 is 18.9 Å². The van der Waals surface area contributed by atoms with Crippen molar-refractivity contribution >= 4 is 47.8 Å². The zero-order valence-corrected chi connectivity index (χ0v) is 25.8. The fraction of sp³-hybridized carbons (Fsp3) is 0.0625. The fourth-order valence-corrected chi connectivity index (χ4v) is 4.84. The van der Waals surface area contributed by atoms with Crippen LogP contribution in [0.3, 0.4) is 0 Å². The largest absolute Gasteiger partial charge is 0.453 e. The Morgan fingerprint density at radius 2 is 1.08 bits per heavy atom. The molecule has 0 radical (unpaired) electrons. The van der Waals surface area contributed by atoms with E-state index in [2.05, 4.69) is 47.8 Å². The van der Waals surface area contributed by atoms with Crippen LogP contribution in [0, 0.1) is 13.8 Å². The Bertz CT molecular complexity index is 1620. The molecule has 0 saturated heterocycles. The van der Waals surface area contributed by atoms with Crippen molar-refractivity contribution in [1.29, 1.82) is 0 Å². The molecule has 0 bridgehead atoms. The second kappa shape index (κ2) is 12.3. The lowest BCUT2D eigenvalue weighted by atomic mass is 10.1. The summed E-state index contributed by atoms with van der Waals surface area (Å²) in [6, 6.07) is 32.6. The van der Waals surface area contributed by atoms with E-state index in [0.717, 1.165) is 19.0 Å². The van der Waals surface area contributed by atoms with Crippen molar-refractivity contribution in [2.24, 2.45) is 0 Å². The third-order valence-corrected chi connectivity index (χ3v) is 7.49. The second-order valence-electron chi connectivity index (χ2n) is 8.67. The molecule has 7 heteroatoms. The molecule has 0 spiro atoms. The Morgan fingerprint density at radius 1 is 0.462 bits per heavy atom. The number of aryl methyl sites for hydroxylation is 1. The Kier molecular flexibility index (Phi) is 8.60. The molecule has 0 atom stereocenters. The van der Waals surface area contributed by atoms with Crippen LogP contribution in [0.5, 0.6) is 46.0 Å². The molecule has 0 N–H and O–H groups in total. The van der Waals surface area contributed by atoms with Gasteiger partial charge in [-0.3, -0.25) is 0 Å². The summed E-state index contributed by atoms with van der Waals surface area (Å²) in [7, 11) is 0. The minimum Gasteiger partial charge on any atom is -0.453 e. The van der Waals surface area contributed by atoms with E-state index in [0.29, 0.717) is 51.6 Å². The highest BCUT2D eigenvalue weighted by Crippen LogP contribution is 2.50. The molecule has 39 heavy (non-hydrogen) atoms. The van der Waals surface area contributed by atoms with E-state index >= 15 is 0 Å². The Hall–Kier alpha value is -3.26. The zero-order chi connectivity index (χ0) is 27.4. The van der Waals surface area contributed by atoms with Crippen molar-refractivity contribution in [3.63, 3.8) is 0 Å². The van der Waals surface area contributed by atoms with Crippen molar-refractivity contribution in [2.45, 2.75) is 13.8 Å². The molecule has 0 amide bonds. The number of hydrogen-bond acceptors (Lipinski definition) is 4. The summed E-state index contributed by atoms with van der Waals surface area (Å²) in [6.07, 6.45) is 0. The van der Waals surface area contributed by atoms with Gasteiger partial charge in [-0.05, 0) is 96.0 Å². The average molecular weight is 711 g/mol. The van der Waals surface area contributed by atoms with Crippen molar-refractivity contribution in [3.05, 3.63) is 128 Å². The average Bonchev–Trinajstić information content (AvgIpc) is 2.92. The molecule has 0 saturated carbocycles. The molecule has 5 rings (SSSR count). The van der Waals surface area contributed by atoms with E-state index in [9.17, 15) is 0 Å². The third-order valence-electron chi connectivity index (χ3n) is 5.81. The normalized spacial score (nSPS) is 10.7. The Morgan fingerprint density at radius 3 is 1.74 bits per heavy atom. The van der Waals surface area contributed by atoms with Crippen LogP contribution in [0.1, 0.15) is 11.1 Å². The van der Waals surface area contributed by atoms with E-state index < -0.39 is 0 Å². The molecule has 0 heterocycles. The molecule has 0 unspecified atom stereocenters. The van der Waals surface area contributed by atoms with Gasteiger partial charge in [0.15, 0.2) is 23.0 Å². The topological polar surface area (TPSA) is 36.9 Å². The maximum absolute atomic E-state index is 6.46. The van der Waals surface area contributed by atoms with Gasteiger partial charge in [0, 0.05) is 20.6 Å². The number of para-hydroxylation sites is 2. The van der Waals surface area contributed by atoms with Gasteiger partial charge >= 0.3 is 0 Å². The molecule has 5 aromatic rings. The van der Waals surface area contributed by atoms with Gasteiger partial charge in [0.2, 0.25) is 0 Å². The summed E-state index contributed by atoms with van der Waals surface area (Å²) in [5.41, 5.74) is 1.71. The summed E-state index contributed by atoms with van der Waals surface area (Å²) in [5.74, 6) is 4.65. The van der Waals surface area contributed by atoms with Gasteiger partial charge < -0.3 is 18.9 Å². The van der Waals surface area contributed by atoms with Gasteiger partial charge in [-0.15, -0.1) is 0 Å². The minimum atomic E-state index is 0.478. The molecule has 0 aliphatic carbocycles. The van der Waals surface area contributed by atoms with Gasteiger partial charge in [0.25, 0.3) is 0 Å². The molecule has 0 aliphatic rings. The van der Waals surface area contributed by atoms with Crippen LogP contribution in [0.4, 0.5) is 0 Å². The van der Waals surface area contributed by atoms with Crippen molar-refractivity contribution in [1.82, 2.24) is 0 Å². The first-order valence-corrected chi connectivity index (χ1v) is 14.5. The van der Waals surface area contributed by atoms with Gasteiger partial charge in [-0.1, -0.05) is 68.3 Å². The number of rotatable bonds is 8. The molecular formula is C32H23Br3O4. The fourth-order valence-electron chi connectivity index (χ4n) is 3.83. The summed E-state index contributed by atoms with van der Waals surface area (Å²) >= 11 is 10.6. The summed E-state index contributed by atoms with van der Waals surface area (Å²) in [4.78, 5) is 0. The van der Waals surface area contributed by atoms with E-state index in [4.69, 9.17) is 18.9 Å². The summed E-state index contributed by atoms with van der Waals surface area (Å²) in [6.45, 7) is 3.93. The van der Waals surface area contributed by atoms with E-state index in [1.807, 2.05) is 111 Å². The van der Waals surface area contributed by atoms with Crippen LogP contribution < -0.4 is 18.9 Å². The molecule has 5 aromatic carbocycles. The Labute approximate surface area is 252 Å². The van der Waals surface area contributed by atoms with Crippen LogP contribution >= 0.6 is 47.8 Å². The lowest BCUT2D eigenvalue weighted by molar-refractivity contribution is 0.385. The van der Waals surface area contributed by atoms with Gasteiger partial charge in [-0.25, -0.2) is 0 Å². The summed E-state index contributed by atoms with van der Waals surface area (Å²) in [5, 5.41) is 0.